The van der Waals surface area contributed by atoms with Crippen LogP contribution in [-0.2, 0) is 6.54 Å². The molecule has 2 unspecified atom stereocenters. The molecule has 2 heterocycles. The maximum Gasteiger partial charge on any atom is 0.0538 e. The summed E-state index contributed by atoms with van der Waals surface area (Å²) in [4.78, 5) is 0. The molecular weight excluding hydrogens is 224 g/mol. The SMILES string of the molecule is C=Cn1cc(CNC2CCC(C(C)C)NC2)cn1. The molecule has 1 aromatic rings. The summed E-state index contributed by atoms with van der Waals surface area (Å²) in [7, 11) is 0. The van der Waals surface area contributed by atoms with Crippen LogP contribution in [0.25, 0.3) is 6.20 Å². The molecule has 4 heteroatoms. The van der Waals surface area contributed by atoms with Crippen LogP contribution in [0.5, 0.6) is 0 Å². The Balaban J connectivity index is 1.73. The normalized spacial score (nSPS) is 24.4. The van der Waals surface area contributed by atoms with Gasteiger partial charge in [0.2, 0.25) is 0 Å². The minimum absolute atomic E-state index is 0.576. The maximum atomic E-state index is 4.18. The van der Waals surface area contributed by atoms with Gasteiger partial charge < -0.3 is 10.6 Å². The van der Waals surface area contributed by atoms with Crippen LogP contribution in [0.3, 0.4) is 0 Å². The van der Waals surface area contributed by atoms with Crippen LogP contribution in [0, 0.1) is 5.92 Å². The number of nitrogens with zero attached hydrogens (tertiary/aromatic N) is 2. The van der Waals surface area contributed by atoms with E-state index in [1.807, 2.05) is 12.4 Å². The average molecular weight is 248 g/mol. The van der Waals surface area contributed by atoms with Crippen molar-refractivity contribution < 1.29 is 0 Å². The van der Waals surface area contributed by atoms with Crippen LogP contribution in [0.4, 0.5) is 0 Å². The van der Waals surface area contributed by atoms with Gasteiger partial charge in [0.25, 0.3) is 0 Å². The molecule has 0 saturated carbocycles. The topological polar surface area (TPSA) is 41.9 Å². The largest absolute Gasteiger partial charge is 0.312 e. The highest BCUT2D eigenvalue weighted by Crippen LogP contribution is 2.15. The number of hydrogen-bond acceptors (Lipinski definition) is 3. The zero-order valence-corrected chi connectivity index (χ0v) is 11.4. The zero-order valence-electron chi connectivity index (χ0n) is 11.4. The predicted molar refractivity (Wildman–Crippen MR) is 75.1 cm³/mol. The van der Waals surface area contributed by atoms with E-state index >= 15 is 0 Å². The smallest absolute Gasteiger partial charge is 0.0538 e. The van der Waals surface area contributed by atoms with Crippen LogP contribution >= 0.6 is 0 Å². The van der Waals surface area contributed by atoms with Gasteiger partial charge in [-0.2, -0.15) is 5.10 Å². The molecule has 4 nitrogen and oxygen atoms in total. The molecule has 1 aliphatic heterocycles. The van der Waals surface area contributed by atoms with E-state index in [4.69, 9.17) is 0 Å². The molecule has 0 aliphatic carbocycles. The fourth-order valence-electron chi connectivity index (χ4n) is 2.45. The van der Waals surface area contributed by atoms with E-state index < -0.39 is 0 Å². The van der Waals surface area contributed by atoms with Crippen LogP contribution in [0.1, 0.15) is 32.3 Å². The molecule has 0 amide bonds. The minimum Gasteiger partial charge on any atom is -0.312 e. The Hall–Kier alpha value is -1.13. The summed E-state index contributed by atoms with van der Waals surface area (Å²) in [6.45, 7) is 10.2. The first-order chi connectivity index (χ1) is 8.69. The molecule has 100 valence electrons. The second-order valence-corrected chi connectivity index (χ2v) is 5.43. The number of rotatable bonds is 5. The van der Waals surface area contributed by atoms with E-state index in [1.165, 1.54) is 18.4 Å². The summed E-state index contributed by atoms with van der Waals surface area (Å²) in [6, 6.07) is 1.26. The van der Waals surface area contributed by atoms with Crippen molar-refractivity contribution in [3.63, 3.8) is 0 Å². The fraction of sp³-hybridized carbons (Fsp3) is 0.643. The molecule has 0 spiro atoms. The van der Waals surface area contributed by atoms with Crippen LogP contribution in [0.2, 0.25) is 0 Å². The second-order valence-electron chi connectivity index (χ2n) is 5.43. The highest BCUT2D eigenvalue weighted by molar-refractivity contribution is 5.17. The Morgan fingerprint density at radius 2 is 2.44 bits per heavy atom. The molecule has 2 N–H and O–H groups in total. The van der Waals surface area contributed by atoms with E-state index in [2.05, 4.69) is 36.2 Å². The Kier molecular flexibility index (Phi) is 4.55. The van der Waals surface area contributed by atoms with Crippen LogP contribution < -0.4 is 10.6 Å². The number of piperidine rings is 1. The fourth-order valence-corrected chi connectivity index (χ4v) is 2.45. The summed E-state index contributed by atoms with van der Waals surface area (Å²) >= 11 is 0. The first kappa shape index (κ1) is 13.3. The Bertz CT molecular complexity index is 375. The molecule has 0 aromatic carbocycles. The second kappa shape index (κ2) is 6.16. The molecule has 0 radical (unpaired) electrons. The van der Waals surface area contributed by atoms with E-state index in [-0.39, 0.29) is 0 Å². The lowest BCUT2D eigenvalue weighted by molar-refractivity contribution is 0.278. The summed E-state index contributed by atoms with van der Waals surface area (Å²) in [5, 5.41) is 11.4. The van der Waals surface area contributed by atoms with Crippen LogP contribution in [0.15, 0.2) is 19.0 Å². The molecule has 1 saturated heterocycles. The third-order valence-corrected chi connectivity index (χ3v) is 3.69. The average Bonchev–Trinajstić information content (AvgIpc) is 2.85. The Morgan fingerprint density at radius 3 is 3.00 bits per heavy atom. The lowest BCUT2D eigenvalue weighted by Crippen LogP contribution is -2.49. The van der Waals surface area contributed by atoms with Gasteiger partial charge >= 0.3 is 0 Å². The van der Waals surface area contributed by atoms with Gasteiger partial charge in [-0.1, -0.05) is 20.4 Å². The van der Waals surface area contributed by atoms with Crippen molar-refractivity contribution in [2.75, 3.05) is 6.54 Å². The van der Waals surface area contributed by atoms with Crippen molar-refractivity contribution in [2.24, 2.45) is 5.92 Å². The summed E-state index contributed by atoms with van der Waals surface area (Å²) in [5.41, 5.74) is 1.21. The van der Waals surface area contributed by atoms with Crippen molar-refractivity contribution in [1.82, 2.24) is 20.4 Å². The van der Waals surface area contributed by atoms with E-state index in [9.17, 15) is 0 Å². The van der Waals surface area contributed by atoms with Gasteiger partial charge in [0, 0.05) is 43.1 Å². The zero-order chi connectivity index (χ0) is 13.0. The van der Waals surface area contributed by atoms with Crippen molar-refractivity contribution >= 4 is 6.20 Å². The first-order valence-corrected chi connectivity index (χ1v) is 6.81. The number of aromatic nitrogens is 2. The Labute approximate surface area is 109 Å². The van der Waals surface area contributed by atoms with Crippen LogP contribution in [-0.4, -0.2) is 28.4 Å². The standard InChI is InChI=1S/C14H24N4/c1-4-18-10-12(8-17-18)7-15-13-5-6-14(11(2)3)16-9-13/h4,8,10-11,13-16H,1,5-7,9H2,2-3H3. The molecule has 1 aromatic heterocycles. The van der Waals surface area contributed by atoms with Gasteiger partial charge in [-0.3, -0.25) is 0 Å². The predicted octanol–water partition coefficient (Wildman–Crippen LogP) is 1.85. The summed E-state index contributed by atoms with van der Waals surface area (Å²) < 4.78 is 1.74. The van der Waals surface area contributed by atoms with Gasteiger partial charge in [-0.05, 0) is 18.8 Å². The molecular formula is C14H24N4. The third kappa shape index (κ3) is 3.43. The van der Waals surface area contributed by atoms with Crippen molar-refractivity contribution in [3.05, 3.63) is 24.5 Å². The monoisotopic (exact) mass is 248 g/mol. The van der Waals surface area contributed by atoms with Crippen molar-refractivity contribution in [1.29, 1.82) is 0 Å². The van der Waals surface area contributed by atoms with Crippen molar-refractivity contribution in [2.45, 2.75) is 45.3 Å². The van der Waals surface area contributed by atoms with E-state index in [1.54, 1.807) is 10.9 Å². The van der Waals surface area contributed by atoms with Gasteiger partial charge in [0.15, 0.2) is 0 Å². The van der Waals surface area contributed by atoms with Crippen molar-refractivity contribution in [3.8, 4) is 0 Å². The number of nitrogens with one attached hydrogen (secondary N) is 2. The van der Waals surface area contributed by atoms with E-state index in [0.717, 1.165) is 19.0 Å². The molecule has 18 heavy (non-hydrogen) atoms. The highest BCUT2D eigenvalue weighted by Gasteiger charge is 2.21. The molecule has 2 rings (SSSR count). The first-order valence-electron chi connectivity index (χ1n) is 6.81. The quantitative estimate of drug-likeness (QED) is 0.835. The maximum absolute atomic E-state index is 4.18. The third-order valence-electron chi connectivity index (χ3n) is 3.69. The highest BCUT2D eigenvalue weighted by atomic mass is 15.2. The van der Waals surface area contributed by atoms with E-state index in [0.29, 0.717) is 12.1 Å². The summed E-state index contributed by atoms with van der Waals surface area (Å²) in [5.74, 6) is 0.733. The molecule has 2 atom stereocenters. The van der Waals surface area contributed by atoms with Gasteiger partial charge in [0.05, 0.1) is 6.20 Å². The number of hydrogen-bond donors (Lipinski definition) is 2. The Morgan fingerprint density at radius 1 is 1.61 bits per heavy atom. The van der Waals surface area contributed by atoms with Gasteiger partial charge in [-0.15, -0.1) is 0 Å². The lowest BCUT2D eigenvalue weighted by atomic mass is 9.93. The molecule has 1 fully saturated rings. The minimum atomic E-state index is 0.576. The molecule has 1 aliphatic rings. The van der Waals surface area contributed by atoms with Gasteiger partial charge in [0.1, 0.15) is 0 Å². The lowest BCUT2D eigenvalue weighted by Gasteiger charge is -2.32. The summed E-state index contributed by atoms with van der Waals surface area (Å²) in [6.07, 6.45) is 8.13. The van der Waals surface area contributed by atoms with Gasteiger partial charge in [-0.25, -0.2) is 4.68 Å². The molecule has 0 bridgehead atoms.